The molecule has 2 aromatic rings. The van der Waals surface area contributed by atoms with Crippen LogP contribution in [0.15, 0.2) is 40.9 Å². The van der Waals surface area contributed by atoms with Crippen LogP contribution in [0, 0.1) is 0 Å². The molecule has 0 radical (unpaired) electrons. The summed E-state index contributed by atoms with van der Waals surface area (Å²) in [5.41, 5.74) is 1.86. The molecule has 2 rings (SSSR count). The summed E-state index contributed by atoms with van der Waals surface area (Å²) in [6.07, 6.45) is 0. The van der Waals surface area contributed by atoms with Gasteiger partial charge in [0, 0.05) is 10.0 Å². The van der Waals surface area contributed by atoms with Crippen LogP contribution >= 0.6 is 50.7 Å². The van der Waals surface area contributed by atoms with E-state index in [2.05, 4.69) is 21.2 Å². The molecule has 0 saturated carbocycles. The van der Waals surface area contributed by atoms with Crippen LogP contribution in [0.2, 0.25) is 15.1 Å². The van der Waals surface area contributed by atoms with Crippen molar-refractivity contribution in [1.29, 1.82) is 0 Å². The molecule has 19 heavy (non-hydrogen) atoms. The summed E-state index contributed by atoms with van der Waals surface area (Å²) in [6, 6.07) is 11.1. The Morgan fingerprint density at radius 3 is 2.53 bits per heavy atom. The van der Waals surface area contributed by atoms with Gasteiger partial charge in [-0.2, -0.15) is 0 Å². The molecule has 0 amide bonds. The summed E-state index contributed by atoms with van der Waals surface area (Å²) in [6.45, 7) is 2.02. The van der Waals surface area contributed by atoms with Crippen LogP contribution in [-0.4, -0.2) is 0 Å². The molecule has 1 unspecified atom stereocenters. The van der Waals surface area contributed by atoms with Gasteiger partial charge in [-0.15, -0.1) is 0 Å². The summed E-state index contributed by atoms with van der Waals surface area (Å²) < 4.78 is 0.835. The van der Waals surface area contributed by atoms with Crippen molar-refractivity contribution in [3.63, 3.8) is 0 Å². The van der Waals surface area contributed by atoms with Crippen molar-refractivity contribution in [2.24, 2.45) is 0 Å². The third kappa shape index (κ3) is 3.57. The van der Waals surface area contributed by atoms with Gasteiger partial charge in [0.2, 0.25) is 0 Å². The summed E-state index contributed by atoms with van der Waals surface area (Å²) in [4.78, 5) is 0. The zero-order valence-corrected chi connectivity index (χ0v) is 13.9. The number of nitrogens with one attached hydrogen (secondary N) is 1. The lowest BCUT2D eigenvalue weighted by molar-refractivity contribution is 0.884. The third-order valence-electron chi connectivity index (χ3n) is 2.75. The van der Waals surface area contributed by atoms with Crippen LogP contribution in [0.4, 0.5) is 5.69 Å². The Balaban J connectivity index is 2.28. The molecule has 1 N–H and O–H groups in total. The Kier molecular flexibility index (Phi) is 5.02. The molecular formula is C14H11BrCl3N. The molecule has 2 aromatic carbocycles. The number of benzene rings is 2. The fourth-order valence-electron chi connectivity index (χ4n) is 1.77. The van der Waals surface area contributed by atoms with Gasteiger partial charge in [0.1, 0.15) is 0 Å². The van der Waals surface area contributed by atoms with E-state index < -0.39 is 0 Å². The minimum Gasteiger partial charge on any atom is -0.378 e. The van der Waals surface area contributed by atoms with Crippen LogP contribution in [0.1, 0.15) is 18.5 Å². The Morgan fingerprint density at radius 2 is 1.79 bits per heavy atom. The largest absolute Gasteiger partial charge is 0.378 e. The molecule has 0 fully saturated rings. The van der Waals surface area contributed by atoms with E-state index in [1.54, 1.807) is 12.1 Å². The van der Waals surface area contributed by atoms with E-state index in [9.17, 15) is 0 Å². The first kappa shape index (κ1) is 15.0. The molecule has 1 atom stereocenters. The van der Waals surface area contributed by atoms with Gasteiger partial charge in [-0.25, -0.2) is 0 Å². The van der Waals surface area contributed by atoms with Gasteiger partial charge >= 0.3 is 0 Å². The lowest BCUT2D eigenvalue weighted by atomic mass is 10.1. The fraction of sp³-hybridized carbons (Fsp3) is 0.143. The normalized spacial score (nSPS) is 12.3. The maximum absolute atomic E-state index is 6.19. The Hall–Kier alpha value is -0.410. The first-order valence-corrected chi connectivity index (χ1v) is 7.57. The topological polar surface area (TPSA) is 12.0 Å². The van der Waals surface area contributed by atoms with E-state index in [0.29, 0.717) is 15.1 Å². The van der Waals surface area contributed by atoms with Crippen LogP contribution in [0.3, 0.4) is 0 Å². The van der Waals surface area contributed by atoms with Crippen molar-refractivity contribution < 1.29 is 0 Å². The van der Waals surface area contributed by atoms with Crippen molar-refractivity contribution in [2.75, 3.05) is 5.32 Å². The van der Waals surface area contributed by atoms with E-state index in [0.717, 1.165) is 15.7 Å². The van der Waals surface area contributed by atoms with Crippen molar-refractivity contribution in [2.45, 2.75) is 13.0 Å². The Bertz CT molecular complexity index is 601. The maximum atomic E-state index is 6.19. The molecule has 0 aliphatic heterocycles. The molecule has 5 heteroatoms. The van der Waals surface area contributed by atoms with Crippen LogP contribution in [0.5, 0.6) is 0 Å². The van der Waals surface area contributed by atoms with Gasteiger partial charge in [-0.1, -0.05) is 40.9 Å². The molecule has 0 bridgehead atoms. The van der Waals surface area contributed by atoms with E-state index >= 15 is 0 Å². The maximum Gasteiger partial charge on any atom is 0.0593 e. The average Bonchev–Trinajstić information content (AvgIpc) is 2.38. The van der Waals surface area contributed by atoms with Crippen molar-refractivity contribution in [3.8, 4) is 0 Å². The number of anilines is 1. The minimum atomic E-state index is 0.0148. The minimum absolute atomic E-state index is 0.0148. The van der Waals surface area contributed by atoms with Crippen molar-refractivity contribution in [3.05, 3.63) is 61.5 Å². The summed E-state index contributed by atoms with van der Waals surface area (Å²) in [7, 11) is 0. The highest BCUT2D eigenvalue weighted by atomic mass is 79.9. The van der Waals surface area contributed by atoms with E-state index in [4.69, 9.17) is 34.8 Å². The Labute approximate surface area is 136 Å². The fourth-order valence-corrected chi connectivity index (χ4v) is 2.79. The number of hydrogen-bond donors (Lipinski definition) is 1. The molecule has 0 aliphatic rings. The van der Waals surface area contributed by atoms with Gasteiger partial charge < -0.3 is 5.32 Å². The molecular weight excluding hydrogens is 368 g/mol. The molecule has 1 nitrogen and oxygen atoms in total. The lowest BCUT2D eigenvalue weighted by Crippen LogP contribution is -2.07. The predicted molar refractivity (Wildman–Crippen MR) is 87.7 cm³/mol. The second-order valence-electron chi connectivity index (χ2n) is 4.13. The third-order valence-corrected chi connectivity index (χ3v) is 4.73. The molecule has 0 aliphatic carbocycles. The second-order valence-corrected chi connectivity index (χ2v) is 6.18. The monoisotopic (exact) mass is 377 g/mol. The van der Waals surface area contributed by atoms with Gasteiger partial charge in [0.25, 0.3) is 0 Å². The zero-order valence-electron chi connectivity index (χ0n) is 10.1. The quantitative estimate of drug-likeness (QED) is 0.635. The number of hydrogen-bond acceptors (Lipinski definition) is 1. The van der Waals surface area contributed by atoms with Crippen molar-refractivity contribution in [1.82, 2.24) is 0 Å². The molecule has 100 valence electrons. The predicted octanol–water partition coefficient (Wildman–Crippen LogP) is 6.58. The summed E-state index contributed by atoms with van der Waals surface area (Å²) in [5, 5.41) is 5.37. The highest BCUT2D eigenvalue weighted by Gasteiger charge is 2.12. The highest BCUT2D eigenvalue weighted by Crippen LogP contribution is 2.34. The first-order chi connectivity index (χ1) is 8.99. The van der Waals surface area contributed by atoms with E-state index in [1.807, 2.05) is 31.2 Å². The highest BCUT2D eigenvalue weighted by molar-refractivity contribution is 9.10. The molecule has 0 saturated heterocycles. The number of rotatable bonds is 3. The Morgan fingerprint density at radius 1 is 1.05 bits per heavy atom. The summed E-state index contributed by atoms with van der Waals surface area (Å²) >= 11 is 21.7. The van der Waals surface area contributed by atoms with Crippen LogP contribution in [0.25, 0.3) is 0 Å². The van der Waals surface area contributed by atoms with E-state index in [1.165, 1.54) is 0 Å². The van der Waals surface area contributed by atoms with Gasteiger partial charge in [-0.05, 0) is 58.7 Å². The van der Waals surface area contributed by atoms with Crippen LogP contribution in [-0.2, 0) is 0 Å². The smallest absolute Gasteiger partial charge is 0.0593 e. The van der Waals surface area contributed by atoms with Crippen molar-refractivity contribution >= 4 is 56.4 Å². The second kappa shape index (κ2) is 6.36. The zero-order chi connectivity index (χ0) is 14.0. The standard InChI is InChI=1S/C14H11BrCl3N/c1-8(10-7-9(16)5-6-11(10)17)19-13-4-2-3-12(18)14(13)15/h2-8,19H,1H3. The lowest BCUT2D eigenvalue weighted by Gasteiger charge is -2.18. The average molecular weight is 380 g/mol. The van der Waals surface area contributed by atoms with Gasteiger partial charge in [0.15, 0.2) is 0 Å². The SMILES string of the molecule is CC(Nc1cccc(Cl)c1Br)c1cc(Cl)ccc1Cl. The molecule has 0 spiro atoms. The van der Waals surface area contributed by atoms with E-state index in [-0.39, 0.29) is 6.04 Å². The molecule has 0 aromatic heterocycles. The number of halogens is 4. The van der Waals surface area contributed by atoms with Crippen LogP contribution < -0.4 is 5.32 Å². The molecule has 0 heterocycles. The first-order valence-electron chi connectivity index (χ1n) is 5.64. The van der Waals surface area contributed by atoms with Gasteiger partial charge in [-0.3, -0.25) is 0 Å². The van der Waals surface area contributed by atoms with Gasteiger partial charge in [0.05, 0.1) is 21.2 Å². The summed E-state index contributed by atoms with van der Waals surface area (Å²) in [5.74, 6) is 0.